The monoisotopic (exact) mass is 616 g/mol. The Labute approximate surface area is 266 Å². The van der Waals surface area contributed by atoms with Crippen molar-refractivity contribution in [3.63, 3.8) is 0 Å². The van der Waals surface area contributed by atoms with Crippen LogP contribution in [0.5, 0.6) is 5.75 Å². The fourth-order valence-corrected chi connectivity index (χ4v) is 9.62. The van der Waals surface area contributed by atoms with Crippen LogP contribution in [0, 0.1) is 34.5 Å². The molecule has 6 atom stereocenters. The number of carbonyl (C=O) groups excluding carboxylic acids is 5. The molecule has 1 aromatic carbocycles. The maximum Gasteiger partial charge on any atom is 0.190 e. The van der Waals surface area contributed by atoms with Crippen LogP contribution in [-0.2, 0) is 32.0 Å². The molecule has 0 amide bonds. The first-order chi connectivity index (χ1) is 20.8. The predicted octanol–water partition coefficient (Wildman–Crippen LogP) is 6.21. The van der Waals surface area contributed by atoms with Crippen molar-refractivity contribution in [1.29, 1.82) is 0 Å². The fraction of sp³-hybridized carbons (Fsp3) is 0.605. The molecule has 2 N–H and O–H groups in total. The molecule has 3 unspecified atom stereocenters. The first kappa shape index (κ1) is 33.2. The molecular formula is C38H48O7. The minimum Gasteiger partial charge on any atom is -0.507 e. The van der Waals surface area contributed by atoms with Crippen molar-refractivity contribution in [1.82, 2.24) is 0 Å². The molecule has 7 nitrogen and oxygen atoms in total. The van der Waals surface area contributed by atoms with Gasteiger partial charge in [-0.1, -0.05) is 70.4 Å². The summed E-state index contributed by atoms with van der Waals surface area (Å²) in [6.07, 6.45) is 5.72. The molecule has 0 bridgehead atoms. The number of hydrogen-bond acceptors (Lipinski definition) is 7. The van der Waals surface area contributed by atoms with Gasteiger partial charge in [-0.15, -0.1) is 0 Å². The molecule has 2 saturated carbocycles. The van der Waals surface area contributed by atoms with Gasteiger partial charge in [0.25, 0.3) is 0 Å². The molecule has 0 spiro atoms. The average Bonchev–Trinajstić information content (AvgIpc) is 3.23. The van der Waals surface area contributed by atoms with Gasteiger partial charge in [-0.2, -0.15) is 0 Å². The van der Waals surface area contributed by atoms with E-state index in [-0.39, 0.29) is 36.0 Å². The van der Waals surface area contributed by atoms with Gasteiger partial charge in [0.05, 0.1) is 11.5 Å². The molecule has 0 saturated heterocycles. The van der Waals surface area contributed by atoms with Crippen LogP contribution in [0.25, 0.3) is 0 Å². The largest absolute Gasteiger partial charge is 0.507 e. The van der Waals surface area contributed by atoms with Gasteiger partial charge in [-0.05, 0) is 93.2 Å². The summed E-state index contributed by atoms with van der Waals surface area (Å²) in [7, 11) is 0. The lowest BCUT2D eigenvalue weighted by molar-refractivity contribution is -0.205. The molecule has 45 heavy (non-hydrogen) atoms. The van der Waals surface area contributed by atoms with Crippen LogP contribution in [0.4, 0.5) is 0 Å². The Morgan fingerprint density at radius 3 is 2.20 bits per heavy atom. The van der Waals surface area contributed by atoms with E-state index in [0.29, 0.717) is 17.5 Å². The maximum atomic E-state index is 14.6. The summed E-state index contributed by atoms with van der Waals surface area (Å²) < 4.78 is 0. The van der Waals surface area contributed by atoms with E-state index in [0.717, 1.165) is 31.7 Å². The molecule has 0 heterocycles. The number of rotatable bonds is 7. The summed E-state index contributed by atoms with van der Waals surface area (Å²) >= 11 is 0. The second-order valence-electron chi connectivity index (χ2n) is 15.6. The van der Waals surface area contributed by atoms with Crippen LogP contribution in [0.1, 0.15) is 121 Å². The first-order valence-corrected chi connectivity index (χ1v) is 16.4. The highest BCUT2D eigenvalue weighted by Gasteiger charge is 2.76. The zero-order valence-corrected chi connectivity index (χ0v) is 28.2. The zero-order chi connectivity index (χ0) is 33.5. The second-order valence-corrected chi connectivity index (χ2v) is 15.6. The highest BCUT2D eigenvalue weighted by Crippen LogP contribution is 2.64. The topological polar surface area (TPSA) is 126 Å². The summed E-state index contributed by atoms with van der Waals surface area (Å²) in [5.41, 5.74) is 1.18. The van der Waals surface area contributed by atoms with Crippen LogP contribution >= 0.6 is 0 Å². The smallest absolute Gasteiger partial charge is 0.190 e. The summed E-state index contributed by atoms with van der Waals surface area (Å²) in [5.74, 6) is -8.51. The number of phenols is 1. The molecule has 4 aliphatic rings. The Morgan fingerprint density at radius 1 is 1.02 bits per heavy atom. The van der Waals surface area contributed by atoms with E-state index in [1.165, 1.54) is 16.7 Å². The van der Waals surface area contributed by atoms with Crippen molar-refractivity contribution < 1.29 is 34.2 Å². The first-order valence-electron chi connectivity index (χ1n) is 16.4. The van der Waals surface area contributed by atoms with E-state index in [9.17, 15) is 34.2 Å². The van der Waals surface area contributed by atoms with Gasteiger partial charge in [0.2, 0.25) is 0 Å². The zero-order valence-electron chi connectivity index (χ0n) is 28.2. The third-order valence-electron chi connectivity index (χ3n) is 11.6. The molecule has 0 aliphatic heterocycles. The van der Waals surface area contributed by atoms with Crippen LogP contribution in [0.3, 0.4) is 0 Å². The molecule has 2 fully saturated rings. The number of Topliss-reactive ketones (excluding diaryl/α,β-unsaturated/α-hetero) is 5. The highest BCUT2D eigenvalue weighted by molar-refractivity contribution is 6.32. The molecule has 4 aliphatic carbocycles. The Balaban J connectivity index is 1.60. The van der Waals surface area contributed by atoms with Crippen LogP contribution in [0.15, 0.2) is 28.9 Å². The SMILES string of the molecule is CC(=O)C1C(=O)C(C(C)C)[C@@]2(C)C[C@@]3(C)Cc4c(C(C)C)cc(CCCC5=CC(C)=C(C)C5)c(O)c4C(=O)C3C(=O)[C@@]2(O)C1=O. The summed E-state index contributed by atoms with van der Waals surface area (Å²) in [4.78, 5) is 69.3. The van der Waals surface area contributed by atoms with Gasteiger partial charge in [0.1, 0.15) is 17.5 Å². The van der Waals surface area contributed by atoms with Crippen molar-refractivity contribution >= 4 is 28.9 Å². The van der Waals surface area contributed by atoms with E-state index in [2.05, 4.69) is 19.9 Å². The third kappa shape index (κ3) is 4.66. The molecular weight excluding hydrogens is 568 g/mol. The summed E-state index contributed by atoms with van der Waals surface area (Å²) in [6, 6.07) is 2.00. The van der Waals surface area contributed by atoms with Gasteiger partial charge in [0, 0.05) is 11.3 Å². The Hall–Kier alpha value is -3.19. The lowest BCUT2D eigenvalue weighted by Gasteiger charge is -2.62. The van der Waals surface area contributed by atoms with Gasteiger partial charge in [-0.3, -0.25) is 24.0 Å². The van der Waals surface area contributed by atoms with Crippen molar-refractivity contribution in [2.75, 3.05) is 0 Å². The Bertz CT molecular complexity index is 1610. The number of fused-ring (bicyclic) bond motifs is 3. The molecule has 0 radical (unpaired) electrons. The van der Waals surface area contributed by atoms with Crippen LogP contribution < -0.4 is 0 Å². The summed E-state index contributed by atoms with van der Waals surface area (Å²) in [6.45, 7) is 16.5. The molecule has 5 rings (SSSR count). The van der Waals surface area contributed by atoms with E-state index in [1.807, 2.05) is 26.8 Å². The molecule has 0 aromatic heterocycles. The predicted molar refractivity (Wildman–Crippen MR) is 171 cm³/mol. The quantitative estimate of drug-likeness (QED) is 0.349. The van der Waals surface area contributed by atoms with Gasteiger partial charge in [-0.25, -0.2) is 0 Å². The number of aromatic hydroxyl groups is 1. The normalized spacial score (nSPS) is 33.1. The van der Waals surface area contributed by atoms with E-state index in [4.69, 9.17) is 0 Å². The van der Waals surface area contributed by atoms with E-state index < -0.39 is 63.1 Å². The lowest BCUT2D eigenvalue weighted by atomic mass is 9.39. The summed E-state index contributed by atoms with van der Waals surface area (Å²) in [5, 5.41) is 23.9. The molecule has 7 heteroatoms. The Kier molecular flexibility index (Phi) is 8.08. The molecule has 242 valence electrons. The van der Waals surface area contributed by atoms with Gasteiger partial charge in [0.15, 0.2) is 28.7 Å². The average molecular weight is 617 g/mol. The number of carbonyl (C=O) groups is 5. The maximum absolute atomic E-state index is 14.6. The standard InChI is InChI=1S/C38H48O7/c1-18(2)25-15-24(12-10-11-23-13-20(5)21(6)14-23)31(40)28-26(25)16-36(8)17-37(9)29(19(3)4)32(41)27(22(7)39)34(43)38(37,45)35(44)30(36)33(28)42/h13,15,18-19,27,29-30,40,45H,10-12,14,16-17H2,1-9H3/t27?,29?,30?,36-,37-,38+/m1/s1. The van der Waals surface area contributed by atoms with E-state index in [1.54, 1.807) is 20.8 Å². The van der Waals surface area contributed by atoms with Crippen molar-refractivity contribution in [2.24, 2.45) is 34.5 Å². The minimum atomic E-state index is -2.68. The second kappa shape index (κ2) is 11.0. The minimum absolute atomic E-state index is 0.0301. The van der Waals surface area contributed by atoms with Crippen LogP contribution in [-0.4, -0.2) is 44.7 Å². The number of ketones is 5. The van der Waals surface area contributed by atoms with Crippen LogP contribution in [0.2, 0.25) is 0 Å². The highest BCUT2D eigenvalue weighted by atomic mass is 16.3. The van der Waals surface area contributed by atoms with Crippen molar-refractivity contribution in [2.45, 2.75) is 112 Å². The van der Waals surface area contributed by atoms with Crippen molar-refractivity contribution in [3.05, 3.63) is 51.1 Å². The third-order valence-corrected chi connectivity index (χ3v) is 11.6. The number of benzene rings is 1. The molecule has 1 aromatic rings. The lowest BCUT2D eigenvalue weighted by Crippen LogP contribution is -2.76. The number of aryl methyl sites for hydroxylation is 1. The van der Waals surface area contributed by atoms with E-state index >= 15 is 0 Å². The number of phenolic OH excluding ortho intramolecular Hbond substituents is 1. The number of allylic oxidation sites excluding steroid dienone is 4. The number of aliphatic hydroxyl groups is 1. The van der Waals surface area contributed by atoms with Crippen molar-refractivity contribution in [3.8, 4) is 5.75 Å². The Morgan fingerprint density at radius 2 is 1.67 bits per heavy atom. The van der Waals surface area contributed by atoms with Gasteiger partial charge >= 0.3 is 0 Å². The number of hydrogen-bond donors (Lipinski definition) is 2. The van der Waals surface area contributed by atoms with Gasteiger partial charge < -0.3 is 10.2 Å². The fourth-order valence-electron chi connectivity index (χ4n) is 9.62.